The molecule has 4 aliphatic rings. The Morgan fingerprint density at radius 2 is 1.90 bits per heavy atom. The van der Waals surface area contributed by atoms with E-state index in [0.717, 1.165) is 36.0 Å². The molecule has 0 bridgehead atoms. The highest BCUT2D eigenvalue weighted by Crippen LogP contribution is 2.64. The quantitative estimate of drug-likeness (QED) is 0.555. The molecule has 0 aromatic carbocycles. The number of ketones is 2. The number of aliphatic hydroxyl groups excluding tert-OH is 1. The van der Waals surface area contributed by atoms with E-state index >= 15 is 0 Å². The summed E-state index contributed by atoms with van der Waals surface area (Å²) in [5.74, 6) is -0.972. The molecule has 4 aliphatic carbocycles. The van der Waals surface area contributed by atoms with Crippen molar-refractivity contribution in [2.24, 2.45) is 16.7 Å². The Balaban J connectivity index is 1.74. The van der Waals surface area contributed by atoms with E-state index in [1.54, 1.807) is 6.08 Å². The summed E-state index contributed by atoms with van der Waals surface area (Å²) >= 11 is 0. The summed E-state index contributed by atoms with van der Waals surface area (Å²) in [7, 11) is 0. The molecule has 2 fully saturated rings. The molecule has 0 aromatic rings. The van der Waals surface area contributed by atoms with Gasteiger partial charge in [0.05, 0.1) is 6.10 Å². The number of hydrogen-bond acceptors (Lipinski definition) is 6. The molecule has 29 heavy (non-hydrogen) atoms. The lowest BCUT2D eigenvalue weighted by Crippen LogP contribution is -2.57. The first-order valence-corrected chi connectivity index (χ1v) is 10.6. The Morgan fingerprint density at radius 3 is 2.59 bits per heavy atom. The van der Waals surface area contributed by atoms with Gasteiger partial charge >= 0.3 is 5.97 Å². The van der Waals surface area contributed by atoms with Crippen molar-refractivity contribution in [3.05, 3.63) is 22.8 Å². The van der Waals surface area contributed by atoms with Gasteiger partial charge in [-0.2, -0.15) is 0 Å². The monoisotopic (exact) mass is 402 g/mol. The fourth-order valence-corrected chi connectivity index (χ4v) is 6.68. The maximum Gasteiger partial charge on any atom is 0.303 e. The zero-order valence-electron chi connectivity index (χ0n) is 17.4. The van der Waals surface area contributed by atoms with Crippen LogP contribution in [0, 0.1) is 16.7 Å². The van der Waals surface area contributed by atoms with Gasteiger partial charge in [-0.05, 0) is 50.0 Å². The molecular formula is C23H30O6. The van der Waals surface area contributed by atoms with E-state index in [2.05, 4.69) is 6.92 Å². The Kier molecular flexibility index (Phi) is 4.67. The Hall–Kier alpha value is -1.79. The standard InChI is InChI=1S/C23H30O6/c1-13(24)29-12-19(27)23(28)9-7-17-16-5-4-14-10-15(25)6-8-21(14,2)20(16)18(26)11-22(17,23)3/h10,18,20,26,28H,4-9,11-12H2,1-3H3. The van der Waals surface area contributed by atoms with Crippen LogP contribution >= 0.6 is 0 Å². The Labute approximate surface area is 171 Å². The topological polar surface area (TPSA) is 101 Å². The van der Waals surface area contributed by atoms with Crippen molar-refractivity contribution in [1.29, 1.82) is 0 Å². The maximum atomic E-state index is 12.8. The van der Waals surface area contributed by atoms with Crippen LogP contribution in [0.2, 0.25) is 0 Å². The van der Waals surface area contributed by atoms with Crippen LogP contribution < -0.4 is 0 Å². The molecule has 0 aromatic heterocycles. The predicted molar refractivity (Wildman–Crippen MR) is 105 cm³/mol. The lowest BCUT2D eigenvalue weighted by Gasteiger charge is -2.55. The molecule has 6 heteroatoms. The average Bonchev–Trinajstić information content (AvgIpc) is 2.91. The molecule has 0 heterocycles. The van der Waals surface area contributed by atoms with Gasteiger partial charge in [0.25, 0.3) is 0 Å². The van der Waals surface area contributed by atoms with Gasteiger partial charge in [-0.25, -0.2) is 0 Å². The molecular weight excluding hydrogens is 372 g/mol. The van der Waals surface area contributed by atoms with Crippen LogP contribution in [0.3, 0.4) is 0 Å². The van der Waals surface area contributed by atoms with Crippen molar-refractivity contribution >= 4 is 17.5 Å². The van der Waals surface area contributed by atoms with E-state index in [0.29, 0.717) is 12.8 Å². The van der Waals surface area contributed by atoms with Crippen LogP contribution in [0.1, 0.15) is 65.7 Å². The number of Topliss-reactive ketones (excluding diaryl/α,β-unsaturated/α-hetero) is 1. The van der Waals surface area contributed by atoms with Gasteiger partial charge in [-0.3, -0.25) is 14.4 Å². The van der Waals surface area contributed by atoms with Gasteiger partial charge in [0.1, 0.15) is 5.60 Å². The maximum absolute atomic E-state index is 12.8. The van der Waals surface area contributed by atoms with Gasteiger partial charge in [-0.1, -0.05) is 30.6 Å². The summed E-state index contributed by atoms with van der Waals surface area (Å²) < 4.78 is 4.87. The van der Waals surface area contributed by atoms with Crippen LogP contribution in [0.5, 0.6) is 0 Å². The van der Waals surface area contributed by atoms with Gasteiger partial charge in [0, 0.05) is 24.7 Å². The smallest absolute Gasteiger partial charge is 0.303 e. The number of allylic oxidation sites excluding steroid dienone is 2. The summed E-state index contributed by atoms with van der Waals surface area (Å²) in [6.45, 7) is 4.80. The van der Waals surface area contributed by atoms with E-state index in [9.17, 15) is 24.6 Å². The van der Waals surface area contributed by atoms with E-state index in [1.165, 1.54) is 6.92 Å². The van der Waals surface area contributed by atoms with Crippen LogP contribution in [0.25, 0.3) is 0 Å². The highest BCUT2D eigenvalue weighted by molar-refractivity contribution is 5.92. The predicted octanol–water partition coefficient (Wildman–Crippen LogP) is 2.42. The third-order valence-electron chi connectivity index (χ3n) is 8.26. The zero-order chi connectivity index (χ0) is 21.2. The first kappa shape index (κ1) is 20.5. The molecule has 2 N–H and O–H groups in total. The zero-order valence-corrected chi connectivity index (χ0v) is 17.4. The van der Waals surface area contributed by atoms with Gasteiger partial charge in [0.15, 0.2) is 12.4 Å². The van der Waals surface area contributed by atoms with Crippen LogP contribution in [0.15, 0.2) is 22.8 Å². The number of carbonyl (C=O) groups is 3. The molecule has 0 saturated heterocycles. The summed E-state index contributed by atoms with van der Waals surface area (Å²) in [6, 6.07) is 0. The van der Waals surface area contributed by atoms with E-state index in [-0.39, 0.29) is 30.0 Å². The number of aliphatic hydroxyl groups is 2. The third kappa shape index (κ3) is 2.79. The number of esters is 1. The lowest BCUT2D eigenvalue weighted by molar-refractivity contribution is -0.161. The number of rotatable bonds is 3. The number of ether oxygens (including phenoxy) is 1. The van der Waals surface area contributed by atoms with Crippen LogP contribution in [0.4, 0.5) is 0 Å². The van der Waals surface area contributed by atoms with E-state index in [4.69, 9.17) is 4.74 Å². The molecule has 6 nitrogen and oxygen atoms in total. The molecule has 0 spiro atoms. The number of carbonyl (C=O) groups excluding carboxylic acids is 3. The highest BCUT2D eigenvalue weighted by Gasteiger charge is 2.64. The fraction of sp³-hybridized carbons (Fsp3) is 0.696. The van der Waals surface area contributed by atoms with Crippen molar-refractivity contribution in [3.63, 3.8) is 0 Å². The van der Waals surface area contributed by atoms with Crippen molar-refractivity contribution in [2.45, 2.75) is 77.4 Å². The van der Waals surface area contributed by atoms with E-state index < -0.39 is 35.5 Å². The second kappa shape index (κ2) is 6.61. The molecule has 5 atom stereocenters. The summed E-state index contributed by atoms with van der Waals surface area (Å²) in [5.41, 5.74) is 0.621. The van der Waals surface area contributed by atoms with Gasteiger partial charge in [0.2, 0.25) is 5.78 Å². The van der Waals surface area contributed by atoms with Crippen molar-refractivity contribution in [1.82, 2.24) is 0 Å². The minimum atomic E-state index is -1.64. The molecule has 5 unspecified atom stereocenters. The number of fused-ring (bicyclic) bond motifs is 4. The molecule has 0 aliphatic heterocycles. The molecule has 0 amide bonds. The second-order valence-electron chi connectivity index (χ2n) is 9.70. The SMILES string of the molecule is CC(=O)OCC(=O)C1(O)CCC2=C3CCC4=CC(=O)CCC4(C)C3C(O)CC21C. The molecule has 4 rings (SSSR count). The summed E-state index contributed by atoms with van der Waals surface area (Å²) in [6.07, 6.45) is 4.98. The largest absolute Gasteiger partial charge is 0.458 e. The minimum absolute atomic E-state index is 0.0791. The summed E-state index contributed by atoms with van der Waals surface area (Å²) in [5, 5.41) is 22.7. The Morgan fingerprint density at radius 1 is 1.17 bits per heavy atom. The average molecular weight is 402 g/mol. The molecule has 158 valence electrons. The van der Waals surface area contributed by atoms with Gasteiger partial charge < -0.3 is 14.9 Å². The third-order valence-corrected chi connectivity index (χ3v) is 8.26. The van der Waals surface area contributed by atoms with Crippen molar-refractivity contribution in [2.75, 3.05) is 6.61 Å². The Bertz CT molecular complexity index is 853. The number of hydrogen-bond donors (Lipinski definition) is 2. The second-order valence-corrected chi connectivity index (χ2v) is 9.70. The normalized spacial score (nSPS) is 41.3. The van der Waals surface area contributed by atoms with E-state index in [1.807, 2.05) is 6.92 Å². The highest BCUT2D eigenvalue weighted by atomic mass is 16.5. The summed E-state index contributed by atoms with van der Waals surface area (Å²) in [4.78, 5) is 35.9. The lowest BCUT2D eigenvalue weighted by atomic mass is 9.50. The molecule has 0 radical (unpaired) electrons. The van der Waals surface area contributed by atoms with Crippen LogP contribution in [-0.4, -0.2) is 46.1 Å². The van der Waals surface area contributed by atoms with Crippen molar-refractivity contribution < 1.29 is 29.3 Å². The van der Waals surface area contributed by atoms with Crippen LogP contribution in [-0.2, 0) is 19.1 Å². The van der Waals surface area contributed by atoms with Crippen molar-refractivity contribution in [3.8, 4) is 0 Å². The minimum Gasteiger partial charge on any atom is -0.458 e. The fourth-order valence-electron chi connectivity index (χ4n) is 6.68. The molecule has 2 saturated carbocycles. The first-order valence-electron chi connectivity index (χ1n) is 10.6. The first-order chi connectivity index (χ1) is 13.5. The van der Waals surface area contributed by atoms with Gasteiger partial charge in [-0.15, -0.1) is 0 Å².